The molecular weight excluding hydrogens is 160 g/mol. The highest BCUT2D eigenvalue weighted by molar-refractivity contribution is 4.85. The Balaban J connectivity index is 2.22. The molecule has 2 atom stereocenters. The maximum atomic E-state index is 5.22. The van der Waals surface area contributed by atoms with Crippen molar-refractivity contribution in [2.45, 2.75) is 38.8 Å². The van der Waals surface area contributed by atoms with Crippen LogP contribution < -0.4 is 5.32 Å². The minimum atomic E-state index is 0.620. The summed E-state index contributed by atoms with van der Waals surface area (Å²) >= 11 is 0. The van der Waals surface area contributed by atoms with E-state index in [-0.39, 0.29) is 0 Å². The lowest BCUT2D eigenvalue weighted by molar-refractivity contribution is 0.172. The summed E-state index contributed by atoms with van der Waals surface area (Å²) in [6.07, 6.45) is 7.26. The standard InChI is InChI=1S/C11H20N2/c1-4-5-6-7-13-8-10(2)12-11(3)9-13/h1,10-12H,5-9H2,2-3H3. The maximum Gasteiger partial charge on any atom is 0.0169 e. The third kappa shape index (κ3) is 3.80. The van der Waals surface area contributed by atoms with Crippen molar-refractivity contribution < 1.29 is 0 Å². The van der Waals surface area contributed by atoms with Crippen LogP contribution in [0.25, 0.3) is 0 Å². The van der Waals surface area contributed by atoms with Gasteiger partial charge in [0.25, 0.3) is 0 Å². The molecule has 13 heavy (non-hydrogen) atoms. The average Bonchev–Trinajstić information content (AvgIpc) is 2.03. The van der Waals surface area contributed by atoms with Gasteiger partial charge >= 0.3 is 0 Å². The molecule has 0 bridgehead atoms. The minimum Gasteiger partial charge on any atom is -0.309 e. The fourth-order valence-corrected chi connectivity index (χ4v) is 2.03. The van der Waals surface area contributed by atoms with Crippen LogP contribution in [0.1, 0.15) is 26.7 Å². The number of nitrogens with zero attached hydrogens (tertiary/aromatic N) is 1. The molecular formula is C11H20N2. The van der Waals surface area contributed by atoms with Gasteiger partial charge in [-0.25, -0.2) is 0 Å². The third-order valence-corrected chi connectivity index (χ3v) is 2.43. The zero-order valence-corrected chi connectivity index (χ0v) is 8.71. The molecule has 0 aliphatic carbocycles. The molecule has 1 saturated heterocycles. The number of terminal acetylenes is 1. The lowest BCUT2D eigenvalue weighted by Crippen LogP contribution is -2.54. The first kappa shape index (κ1) is 10.6. The zero-order chi connectivity index (χ0) is 9.68. The van der Waals surface area contributed by atoms with Crippen molar-refractivity contribution in [3.63, 3.8) is 0 Å². The second-order valence-electron chi connectivity index (χ2n) is 4.04. The molecule has 2 nitrogen and oxygen atoms in total. The van der Waals surface area contributed by atoms with Gasteiger partial charge in [0.05, 0.1) is 0 Å². The summed E-state index contributed by atoms with van der Waals surface area (Å²) in [6.45, 7) is 7.96. The predicted molar refractivity (Wildman–Crippen MR) is 56.6 cm³/mol. The van der Waals surface area contributed by atoms with Crippen LogP contribution in [0.2, 0.25) is 0 Å². The van der Waals surface area contributed by atoms with Gasteiger partial charge < -0.3 is 10.2 Å². The van der Waals surface area contributed by atoms with Crippen molar-refractivity contribution in [2.24, 2.45) is 0 Å². The highest BCUT2D eigenvalue weighted by Crippen LogP contribution is 2.05. The number of rotatable bonds is 3. The first-order chi connectivity index (χ1) is 6.22. The first-order valence-electron chi connectivity index (χ1n) is 5.14. The predicted octanol–water partition coefficient (Wildman–Crippen LogP) is 1.08. The van der Waals surface area contributed by atoms with E-state index in [1.165, 1.54) is 0 Å². The van der Waals surface area contributed by atoms with Crippen LogP contribution in [-0.4, -0.2) is 36.6 Å². The van der Waals surface area contributed by atoms with Gasteiger partial charge in [-0.05, 0) is 26.8 Å². The summed E-state index contributed by atoms with van der Waals surface area (Å²) in [5, 5.41) is 3.52. The summed E-state index contributed by atoms with van der Waals surface area (Å²) in [7, 11) is 0. The molecule has 2 heteroatoms. The van der Waals surface area contributed by atoms with Crippen molar-refractivity contribution in [1.82, 2.24) is 10.2 Å². The van der Waals surface area contributed by atoms with Crippen molar-refractivity contribution in [3.8, 4) is 12.3 Å². The molecule has 1 aliphatic rings. The van der Waals surface area contributed by atoms with Crippen molar-refractivity contribution in [2.75, 3.05) is 19.6 Å². The molecule has 0 aromatic heterocycles. The van der Waals surface area contributed by atoms with Crippen LogP contribution in [-0.2, 0) is 0 Å². The van der Waals surface area contributed by atoms with Crippen molar-refractivity contribution in [1.29, 1.82) is 0 Å². The SMILES string of the molecule is C#CCCCN1CC(C)NC(C)C1. The second-order valence-corrected chi connectivity index (χ2v) is 4.04. The van der Waals surface area contributed by atoms with Crippen molar-refractivity contribution in [3.05, 3.63) is 0 Å². The zero-order valence-electron chi connectivity index (χ0n) is 8.71. The van der Waals surface area contributed by atoms with E-state index in [4.69, 9.17) is 6.42 Å². The summed E-state index contributed by atoms with van der Waals surface area (Å²) in [5.74, 6) is 2.69. The Morgan fingerprint density at radius 3 is 2.54 bits per heavy atom. The van der Waals surface area contributed by atoms with E-state index in [1.807, 2.05) is 0 Å². The van der Waals surface area contributed by atoms with Crippen LogP contribution in [0.4, 0.5) is 0 Å². The van der Waals surface area contributed by atoms with Crippen LogP contribution in [0.3, 0.4) is 0 Å². The molecule has 0 radical (unpaired) electrons. The molecule has 1 fully saturated rings. The minimum absolute atomic E-state index is 0.620. The Morgan fingerprint density at radius 2 is 2.00 bits per heavy atom. The Labute approximate surface area is 81.7 Å². The Hall–Kier alpha value is -0.520. The largest absolute Gasteiger partial charge is 0.309 e. The molecule has 1 N–H and O–H groups in total. The lowest BCUT2D eigenvalue weighted by atomic mass is 10.1. The maximum absolute atomic E-state index is 5.22. The number of unbranched alkanes of at least 4 members (excludes halogenated alkanes) is 1. The highest BCUT2D eigenvalue weighted by atomic mass is 15.2. The smallest absolute Gasteiger partial charge is 0.0169 e. The molecule has 0 saturated carbocycles. The number of nitrogens with one attached hydrogen (secondary N) is 1. The molecule has 2 unspecified atom stereocenters. The number of hydrogen-bond donors (Lipinski definition) is 1. The molecule has 0 aromatic rings. The topological polar surface area (TPSA) is 15.3 Å². The molecule has 0 amide bonds. The van der Waals surface area contributed by atoms with E-state index >= 15 is 0 Å². The molecule has 0 aromatic carbocycles. The van der Waals surface area contributed by atoms with Gasteiger partial charge in [0.15, 0.2) is 0 Å². The number of piperazine rings is 1. The van der Waals surface area contributed by atoms with Crippen LogP contribution in [0.5, 0.6) is 0 Å². The van der Waals surface area contributed by atoms with Gasteiger partial charge in [-0.2, -0.15) is 0 Å². The molecule has 0 spiro atoms. The third-order valence-electron chi connectivity index (χ3n) is 2.43. The monoisotopic (exact) mass is 180 g/mol. The van der Waals surface area contributed by atoms with Gasteiger partial charge in [0.2, 0.25) is 0 Å². The summed E-state index contributed by atoms with van der Waals surface area (Å²) < 4.78 is 0. The molecule has 1 aliphatic heterocycles. The van der Waals surface area contributed by atoms with Gasteiger partial charge in [-0.1, -0.05) is 0 Å². The van der Waals surface area contributed by atoms with E-state index in [1.54, 1.807) is 0 Å². The Kier molecular flexibility index (Phi) is 4.27. The normalized spacial score (nSPS) is 29.9. The van der Waals surface area contributed by atoms with Gasteiger partial charge in [0.1, 0.15) is 0 Å². The fraction of sp³-hybridized carbons (Fsp3) is 0.818. The van der Waals surface area contributed by atoms with Gasteiger partial charge in [0, 0.05) is 31.6 Å². The van der Waals surface area contributed by atoms with Crippen molar-refractivity contribution >= 4 is 0 Å². The van der Waals surface area contributed by atoms with E-state index in [0.717, 1.165) is 32.5 Å². The summed E-state index contributed by atoms with van der Waals surface area (Å²) in [4.78, 5) is 2.50. The fourth-order valence-electron chi connectivity index (χ4n) is 2.03. The quantitative estimate of drug-likeness (QED) is 0.516. The first-order valence-corrected chi connectivity index (χ1v) is 5.14. The summed E-state index contributed by atoms with van der Waals surface area (Å²) in [5.41, 5.74) is 0. The van der Waals surface area contributed by atoms with E-state index < -0.39 is 0 Å². The Bertz CT molecular complexity index is 173. The second kappa shape index (κ2) is 5.26. The Morgan fingerprint density at radius 1 is 1.38 bits per heavy atom. The molecule has 1 rings (SSSR count). The lowest BCUT2D eigenvalue weighted by Gasteiger charge is -2.36. The van der Waals surface area contributed by atoms with E-state index in [0.29, 0.717) is 12.1 Å². The van der Waals surface area contributed by atoms with Crippen LogP contribution in [0, 0.1) is 12.3 Å². The number of hydrogen-bond acceptors (Lipinski definition) is 2. The highest BCUT2D eigenvalue weighted by Gasteiger charge is 2.19. The van der Waals surface area contributed by atoms with Crippen LogP contribution >= 0.6 is 0 Å². The average molecular weight is 180 g/mol. The molecule has 1 heterocycles. The van der Waals surface area contributed by atoms with E-state index in [9.17, 15) is 0 Å². The van der Waals surface area contributed by atoms with Gasteiger partial charge in [-0.3, -0.25) is 0 Å². The summed E-state index contributed by atoms with van der Waals surface area (Å²) in [6, 6.07) is 1.24. The molecule has 74 valence electrons. The van der Waals surface area contributed by atoms with E-state index in [2.05, 4.69) is 30.0 Å². The van der Waals surface area contributed by atoms with Gasteiger partial charge in [-0.15, -0.1) is 12.3 Å². The van der Waals surface area contributed by atoms with Crippen LogP contribution in [0.15, 0.2) is 0 Å².